The van der Waals surface area contributed by atoms with Gasteiger partial charge in [0.05, 0.1) is 27.4 Å². The van der Waals surface area contributed by atoms with Crippen LogP contribution in [0.4, 0.5) is 0 Å². The first-order valence-corrected chi connectivity index (χ1v) is 10.3. The molecule has 1 aliphatic heterocycles. The first-order chi connectivity index (χ1) is 13.7. The number of benzene rings is 1. The summed E-state index contributed by atoms with van der Waals surface area (Å²) in [7, 11) is 3.27. The second-order valence-electron chi connectivity index (χ2n) is 6.79. The highest BCUT2D eigenvalue weighted by Gasteiger charge is 2.14. The monoisotopic (exact) mass is 392 g/mol. The van der Waals surface area contributed by atoms with Crippen LogP contribution in [-0.4, -0.2) is 64.4 Å². The summed E-state index contributed by atoms with van der Waals surface area (Å²) in [4.78, 5) is 7.23. The van der Waals surface area contributed by atoms with Crippen molar-refractivity contribution in [3.05, 3.63) is 17.7 Å². The first-order valence-electron chi connectivity index (χ1n) is 10.3. The lowest BCUT2D eigenvalue weighted by Gasteiger charge is -2.26. The lowest BCUT2D eigenvalue weighted by molar-refractivity contribution is 0.232. The minimum atomic E-state index is 0.526. The molecular weight excluding hydrogens is 356 g/mol. The Morgan fingerprint density at radius 3 is 2.29 bits per heavy atom. The fourth-order valence-electron chi connectivity index (χ4n) is 3.34. The van der Waals surface area contributed by atoms with Crippen molar-refractivity contribution in [1.82, 2.24) is 15.5 Å². The van der Waals surface area contributed by atoms with Crippen LogP contribution in [0.15, 0.2) is 17.1 Å². The van der Waals surface area contributed by atoms with Gasteiger partial charge in [-0.2, -0.15) is 0 Å². The Morgan fingerprint density at radius 1 is 1.04 bits per heavy atom. The molecule has 0 radical (unpaired) electrons. The van der Waals surface area contributed by atoms with Gasteiger partial charge in [0, 0.05) is 19.6 Å². The van der Waals surface area contributed by atoms with E-state index >= 15 is 0 Å². The molecule has 2 rings (SSSR count). The summed E-state index contributed by atoms with van der Waals surface area (Å²) in [6, 6.07) is 3.91. The number of piperidine rings is 1. The van der Waals surface area contributed by atoms with E-state index in [4.69, 9.17) is 19.2 Å². The Labute approximate surface area is 169 Å². The molecule has 0 bridgehead atoms. The van der Waals surface area contributed by atoms with E-state index in [1.807, 2.05) is 19.1 Å². The number of likely N-dealkylation sites (tertiary alicyclic amines) is 1. The molecule has 1 saturated heterocycles. The maximum Gasteiger partial charge on any atom is 0.203 e. The van der Waals surface area contributed by atoms with Crippen molar-refractivity contribution in [2.75, 3.05) is 53.6 Å². The minimum Gasteiger partial charge on any atom is -0.493 e. The third-order valence-electron chi connectivity index (χ3n) is 4.74. The minimum absolute atomic E-state index is 0.526. The number of hydrogen-bond acceptors (Lipinski definition) is 5. The summed E-state index contributed by atoms with van der Waals surface area (Å²) < 4.78 is 16.6. The molecule has 0 unspecified atom stereocenters. The van der Waals surface area contributed by atoms with E-state index in [1.165, 1.54) is 32.4 Å². The van der Waals surface area contributed by atoms with Crippen molar-refractivity contribution < 1.29 is 14.2 Å². The molecule has 158 valence electrons. The number of rotatable bonds is 10. The van der Waals surface area contributed by atoms with Gasteiger partial charge in [-0.3, -0.25) is 0 Å². The number of ether oxygens (including phenoxy) is 3. The van der Waals surface area contributed by atoms with Gasteiger partial charge in [0.15, 0.2) is 17.5 Å². The molecule has 7 heteroatoms. The second kappa shape index (κ2) is 12.3. The quantitative estimate of drug-likeness (QED) is 0.471. The highest BCUT2D eigenvalue weighted by atomic mass is 16.5. The Kier molecular flexibility index (Phi) is 9.76. The molecule has 0 aliphatic carbocycles. The standard InChI is InChI=1S/C21H36N4O3/c1-5-22-21(23-10-13-25-11-8-7-9-12-25)24-16-17-14-18(26-3)20(28-6-2)19(15-17)27-4/h14-15H,5-13,16H2,1-4H3,(H2,22,23,24). The first kappa shape index (κ1) is 22.1. The third-order valence-corrected chi connectivity index (χ3v) is 4.74. The molecule has 0 saturated carbocycles. The van der Waals surface area contributed by atoms with E-state index in [1.54, 1.807) is 14.2 Å². The largest absolute Gasteiger partial charge is 0.493 e. The molecular formula is C21H36N4O3. The molecule has 28 heavy (non-hydrogen) atoms. The number of nitrogens with one attached hydrogen (secondary N) is 2. The molecule has 1 aromatic carbocycles. The molecule has 1 heterocycles. The zero-order valence-corrected chi connectivity index (χ0v) is 17.8. The highest BCUT2D eigenvalue weighted by molar-refractivity contribution is 5.79. The normalized spacial score (nSPS) is 15.2. The number of guanidine groups is 1. The number of aliphatic imine (C=N–C) groups is 1. The van der Waals surface area contributed by atoms with Crippen molar-refractivity contribution >= 4 is 5.96 Å². The molecule has 1 aromatic rings. The van der Waals surface area contributed by atoms with Crippen LogP contribution < -0.4 is 24.8 Å². The maximum absolute atomic E-state index is 5.66. The van der Waals surface area contributed by atoms with Crippen LogP contribution in [-0.2, 0) is 6.54 Å². The van der Waals surface area contributed by atoms with Crippen LogP contribution >= 0.6 is 0 Å². The average Bonchev–Trinajstić information content (AvgIpc) is 2.73. The van der Waals surface area contributed by atoms with E-state index < -0.39 is 0 Å². The van der Waals surface area contributed by atoms with Crippen molar-refractivity contribution in [2.45, 2.75) is 39.7 Å². The van der Waals surface area contributed by atoms with Crippen molar-refractivity contribution in [2.24, 2.45) is 4.99 Å². The van der Waals surface area contributed by atoms with Gasteiger partial charge in [0.2, 0.25) is 5.75 Å². The van der Waals surface area contributed by atoms with Gasteiger partial charge in [-0.15, -0.1) is 0 Å². The fraction of sp³-hybridized carbons (Fsp3) is 0.667. The molecule has 1 aliphatic rings. The highest BCUT2D eigenvalue weighted by Crippen LogP contribution is 2.38. The van der Waals surface area contributed by atoms with E-state index in [0.717, 1.165) is 31.2 Å². The van der Waals surface area contributed by atoms with Gasteiger partial charge in [-0.1, -0.05) is 6.42 Å². The van der Waals surface area contributed by atoms with E-state index in [0.29, 0.717) is 30.4 Å². The fourth-order valence-corrected chi connectivity index (χ4v) is 3.34. The van der Waals surface area contributed by atoms with Crippen molar-refractivity contribution in [1.29, 1.82) is 0 Å². The summed E-state index contributed by atoms with van der Waals surface area (Å²) in [5.41, 5.74) is 1.00. The molecule has 2 N–H and O–H groups in total. The maximum atomic E-state index is 5.66. The zero-order chi connectivity index (χ0) is 20.2. The Morgan fingerprint density at radius 2 is 1.71 bits per heavy atom. The van der Waals surface area contributed by atoms with Gasteiger partial charge in [0.25, 0.3) is 0 Å². The van der Waals surface area contributed by atoms with E-state index in [-0.39, 0.29) is 0 Å². The van der Waals surface area contributed by atoms with Gasteiger partial charge in [-0.25, -0.2) is 4.99 Å². The lowest BCUT2D eigenvalue weighted by Crippen LogP contribution is -2.42. The molecule has 7 nitrogen and oxygen atoms in total. The lowest BCUT2D eigenvalue weighted by atomic mass is 10.1. The van der Waals surface area contributed by atoms with Crippen LogP contribution in [0.3, 0.4) is 0 Å². The Balaban J connectivity index is 2.00. The molecule has 0 atom stereocenters. The Bertz CT molecular complexity index is 591. The van der Waals surface area contributed by atoms with Gasteiger partial charge in [-0.05, 0) is 57.5 Å². The zero-order valence-electron chi connectivity index (χ0n) is 17.8. The van der Waals surface area contributed by atoms with Gasteiger partial charge < -0.3 is 29.7 Å². The van der Waals surface area contributed by atoms with Crippen LogP contribution in [0.1, 0.15) is 38.7 Å². The van der Waals surface area contributed by atoms with Crippen molar-refractivity contribution in [3.8, 4) is 17.2 Å². The summed E-state index contributed by atoms with van der Waals surface area (Å²) in [6.07, 6.45) is 3.99. The average molecular weight is 393 g/mol. The molecule has 1 fully saturated rings. The molecule has 0 spiro atoms. The van der Waals surface area contributed by atoms with E-state index in [9.17, 15) is 0 Å². The summed E-state index contributed by atoms with van der Waals surface area (Å²) in [5, 5.41) is 6.75. The smallest absolute Gasteiger partial charge is 0.203 e. The predicted molar refractivity (Wildman–Crippen MR) is 114 cm³/mol. The van der Waals surface area contributed by atoms with Crippen LogP contribution in [0.2, 0.25) is 0 Å². The van der Waals surface area contributed by atoms with E-state index in [2.05, 4.69) is 22.5 Å². The number of methoxy groups -OCH3 is 2. The SMILES string of the molecule is CCNC(=NCc1cc(OC)c(OCC)c(OC)c1)NCCN1CCCCC1. The van der Waals surface area contributed by atoms with Crippen molar-refractivity contribution in [3.63, 3.8) is 0 Å². The van der Waals surface area contributed by atoms with Crippen LogP contribution in [0.5, 0.6) is 17.2 Å². The van der Waals surface area contributed by atoms with Crippen LogP contribution in [0.25, 0.3) is 0 Å². The van der Waals surface area contributed by atoms with Crippen LogP contribution in [0, 0.1) is 0 Å². The van der Waals surface area contributed by atoms with Gasteiger partial charge in [0.1, 0.15) is 0 Å². The number of hydrogen-bond donors (Lipinski definition) is 2. The summed E-state index contributed by atoms with van der Waals surface area (Å²) >= 11 is 0. The Hall–Kier alpha value is -2.15. The predicted octanol–water partition coefficient (Wildman–Crippen LogP) is 2.64. The summed E-state index contributed by atoms with van der Waals surface area (Å²) in [5.74, 6) is 2.78. The second-order valence-corrected chi connectivity index (χ2v) is 6.79. The third kappa shape index (κ3) is 6.78. The number of nitrogens with zero attached hydrogens (tertiary/aromatic N) is 2. The topological polar surface area (TPSA) is 67.4 Å². The van der Waals surface area contributed by atoms with Gasteiger partial charge >= 0.3 is 0 Å². The molecule has 0 amide bonds. The summed E-state index contributed by atoms with van der Waals surface area (Å²) in [6.45, 7) is 10.3. The molecule has 0 aromatic heterocycles.